The van der Waals surface area contributed by atoms with Crippen molar-refractivity contribution in [1.29, 1.82) is 0 Å². The van der Waals surface area contributed by atoms with Gasteiger partial charge in [0.1, 0.15) is 28.7 Å². The lowest BCUT2D eigenvalue weighted by Crippen LogP contribution is -2.35. The molecule has 4 rings (SSSR count). The average molecular weight is 670 g/mol. The third-order valence-electron chi connectivity index (χ3n) is 7.29. The van der Waals surface area contributed by atoms with Crippen LogP contribution in [0.3, 0.4) is 0 Å². The minimum Gasteiger partial charge on any atom is -0.494 e. The average Bonchev–Trinajstić information content (AvgIpc) is 3.01. The van der Waals surface area contributed by atoms with Crippen LogP contribution in [0, 0.1) is 11.6 Å². The van der Waals surface area contributed by atoms with Crippen molar-refractivity contribution >= 4 is 38.4 Å². The zero-order valence-electron chi connectivity index (χ0n) is 25.3. The third-order valence-corrected chi connectivity index (χ3v) is 7.85. The second-order valence-electron chi connectivity index (χ2n) is 10.6. The van der Waals surface area contributed by atoms with Crippen LogP contribution in [-0.4, -0.2) is 35.6 Å². The van der Waals surface area contributed by atoms with Crippen LogP contribution < -0.4 is 19.8 Å². The fourth-order valence-corrected chi connectivity index (χ4v) is 5.48. The Morgan fingerprint density at radius 2 is 1.52 bits per heavy atom. The van der Waals surface area contributed by atoms with Gasteiger partial charge in [-0.3, -0.25) is 9.59 Å². The number of halogens is 3. The maximum absolute atomic E-state index is 14.1. The molecule has 9 heteroatoms. The van der Waals surface area contributed by atoms with Gasteiger partial charge in [-0.2, -0.15) is 0 Å². The fraction of sp³-hybridized carbons (Fsp3) is 0.371. The molecular weight excluding hydrogens is 630 g/mol. The van der Waals surface area contributed by atoms with Gasteiger partial charge in [-0.1, -0.05) is 54.6 Å². The molecule has 0 saturated heterocycles. The highest BCUT2D eigenvalue weighted by Crippen LogP contribution is 2.27. The number of unbranched alkanes of at least 4 members (excludes halogenated alkanes) is 5. The Hall–Kier alpha value is -3.72. The first kappa shape index (κ1) is 33.2. The molecule has 0 unspecified atom stereocenters. The van der Waals surface area contributed by atoms with Crippen LogP contribution >= 0.6 is 15.9 Å². The van der Waals surface area contributed by atoms with Crippen molar-refractivity contribution in [3.05, 3.63) is 94.3 Å². The summed E-state index contributed by atoms with van der Waals surface area (Å²) in [6.07, 6.45) is 9.12. The van der Waals surface area contributed by atoms with Crippen molar-refractivity contribution in [1.82, 2.24) is 4.57 Å². The summed E-state index contributed by atoms with van der Waals surface area (Å²) in [5.74, 6) is -1.01. The Bertz CT molecular complexity index is 1600. The highest BCUT2D eigenvalue weighted by molar-refractivity contribution is 9.09. The molecule has 0 saturated carbocycles. The van der Waals surface area contributed by atoms with Gasteiger partial charge in [0.25, 0.3) is 5.91 Å². The molecule has 0 fully saturated rings. The van der Waals surface area contributed by atoms with Crippen molar-refractivity contribution in [2.24, 2.45) is 0 Å². The lowest BCUT2D eigenvalue weighted by molar-refractivity contribution is 0.0987. The Morgan fingerprint density at radius 1 is 0.841 bits per heavy atom. The van der Waals surface area contributed by atoms with Crippen LogP contribution in [0.1, 0.15) is 69.2 Å². The van der Waals surface area contributed by atoms with Gasteiger partial charge in [-0.15, -0.1) is 0 Å². The zero-order chi connectivity index (χ0) is 31.5. The minimum atomic E-state index is -0.812. The van der Waals surface area contributed by atoms with E-state index in [2.05, 4.69) is 15.9 Å². The predicted octanol–water partition coefficient (Wildman–Crippen LogP) is 8.84. The molecule has 0 aliphatic carbocycles. The number of fused-ring (bicyclic) bond motifs is 1. The molecule has 6 nitrogen and oxygen atoms in total. The maximum Gasteiger partial charge on any atom is 0.263 e. The number of hydrogen-bond acceptors (Lipinski definition) is 4. The van der Waals surface area contributed by atoms with E-state index in [0.717, 1.165) is 49.2 Å². The van der Waals surface area contributed by atoms with Crippen molar-refractivity contribution in [2.75, 3.05) is 30.0 Å². The monoisotopic (exact) mass is 668 g/mol. The van der Waals surface area contributed by atoms with Gasteiger partial charge in [-0.05, 0) is 62.6 Å². The molecule has 0 atom stereocenters. The van der Waals surface area contributed by atoms with E-state index in [4.69, 9.17) is 9.47 Å². The number of aromatic nitrogens is 1. The lowest BCUT2D eigenvalue weighted by Gasteiger charge is -2.22. The molecule has 4 aromatic rings. The Labute approximate surface area is 265 Å². The van der Waals surface area contributed by atoms with Crippen molar-refractivity contribution in [2.45, 2.75) is 58.8 Å². The number of hydrogen-bond donors (Lipinski definition) is 0. The van der Waals surface area contributed by atoms with E-state index >= 15 is 0 Å². The number of anilines is 1. The molecule has 0 aliphatic rings. The van der Waals surface area contributed by atoms with Gasteiger partial charge in [0.05, 0.1) is 18.7 Å². The molecular formula is C35H39BrF2N2O4. The van der Waals surface area contributed by atoms with Gasteiger partial charge >= 0.3 is 0 Å². The van der Waals surface area contributed by atoms with Crippen LogP contribution in [0.25, 0.3) is 16.6 Å². The van der Waals surface area contributed by atoms with E-state index < -0.39 is 23.0 Å². The largest absolute Gasteiger partial charge is 0.494 e. The van der Waals surface area contributed by atoms with Crippen molar-refractivity contribution in [3.8, 4) is 17.2 Å². The first-order valence-corrected chi connectivity index (χ1v) is 16.4. The summed E-state index contributed by atoms with van der Waals surface area (Å²) < 4.78 is 41.8. The molecule has 3 aromatic carbocycles. The molecule has 234 valence electrons. The minimum absolute atomic E-state index is 0.0304. The van der Waals surface area contributed by atoms with Gasteiger partial charge in [0.15, 0.2) is 0 Å². The number of amides is 1. The standard InChI is InChI=1S/C35H39BrF2N2O4/c1-3-17-43-29-13-11-12-27(22-29)40-24-32(35(42)39(4-2)28-20-25(37)19-26(38)21-28)34(41)31-15-14-30(23-33(31)40)44-18-10-8-6-5-7-9-16-36/h11-15,19-24H,3-10,16-18H2,1-2H3. The number of pyridine rings is 1. The number of benzene rings is 3. The number of rotatable bonds is 16. The molecule has 0 radical (unpaired) electrons. The van der Waals surface area contributed by atoms with E-state index in [9.17, 15) is 18.4 Å². The predicted molar refractivity (Wildman–Crippen MR) is 176 cm³/mol. The van der Waals surface area contributed by atoms with Gasteiger partial charge in [-0.25, -0.2) is 8.78 Å². The normalized spacial score (nSPS) is 11.1. The van der Waals surface area contributed by atoms with Crippen molar-refractivity contribution in [3.63, 3.8) is 0 Å². The topological polar surface area (TPSA) is 60.8 Å². The maximum atomic E-state index is 14.1. The summed E-state index contributed by atoms with van der Waals surface area (Å²) in [5, 5.41) is 1.36. The summed E-state index contributed by atoms with van der Waals surface area (Å²) in [7, 11) is 0. The SMILES string of the molecule is CCCOc1cccc(-n2cc(C(=O)N(CC)c3cc(F)cc(F)c3)c(=O)c3ccc(OCCCCCCCCBr)cc32)c1. The first-order valence-electron chi connectivity index (χ1n) is 15.3. The van der Waals surface area contributed by atoms with Gasteiger partial charge in [0.2, 0.25) is 5.43 Å². The highest BCUT2D eigenvalue weighted by atomic mass is 79.9. The molecule has 0 N–H and O–H groups in total. The molecule has 44 heavy (non-hydrogen) atoms. The lowest BCUT2D eigenvalue weighted by atomic mass is 10.1. The molecule has 0 bridgehead atoms. The Morgan fingerprint density at radius 3 is 2.23 bits per heavy atom. The molecule has 1 aromatic heterocycles. The van der Waals surface area contributed by atoms with Crippen LogP contribution in [0.4, 0.5) is 14.5 Å². The summed E-state index contributed by atoms with van der Waals surface area (Å²) in [6, 6.07) is 15.5. The fourth-order valence-electron chi connectivity index (χ4n) is 5.08. The van der Waals surface area contributed by atoms with E-state index in [1.165, 1.54) is 30.4 Å². The molecule has 0 spiro atoms. The molecule has 0 aliphatic heterocycles. The summed E-state index contributed by atoms with van der Waals surface area (Å²) >= 11 is 3.47. The van der Waals surface area contributed by atoms with Gasteiger partial charge < -0.3 is 18.9 Å². The number of carbonyl (C=O) groups is 1. The summed E-state index contributed by atoms with van der Waals surface area (Å²) in [6.45, 7) is 4.90. The van der Waals surface area contributed by atoms with Crippen LogP contribution in [-0.2, 0) is 0 Å². The molecule has 1 heterocycles. The smallest absolute Gasteiger partial charge is 0.263 e. The number of carbonyl (C=O) groups excluding carboxylic acids is 1. The highest BCUT2D eigenvalue weighted by Gasteiger charge is 2.23. The quantitative estimate of drug-likeness (QED) is 0.0884. The van der Waals surface area contributed by atoms with Crippen molar-refractivity contribution < 1.29 is 23.0 Å². The first-order chi connectivity index (χ1) is 21.4. The van der Waals surface area contributed by atoms with Crippen LogP contribution in [0.15, 0.2) is 71.7 Å². The van der Waals surface area contributed by atoms with E-state index in [1.54, 1.807) is 29.7 Å². The van der Waals surface area contributed by atoms with E-state index in [1.807, 2.05) is 31.2 Å². The second-order valence-corrected chi connectivity index (χ2v) is 11.4. The number of nitrogens with zero attached hydrogens (tertiary/aromatic N) is 2. The Balaban J connectivity index is 1.72. The summed E-state index contributed by atoms with van der Waals surface area (Å²) in [5.41, 5.74) is 0.662. The number of ether oxygens (including phenoxy) is 2. The summed E-state index contributed by atoms with van der Waals surface area (Å²) in [4.78, 5) is 28.8. The van der Waals surface area contributed by atoms with Gasteiger partial charge in [0, 0.05) is 53.0 Å². The van der Waals surface area contributed by atoms with E-state index in [-0.39, 0.29) is 17.8 Å². The second kappa shape index (κ2) is 16.4. The van der Waals surface area contributed by atoms with Crippen LogP contribution in [0.5, 0.6) is 11.5 Å². The van der Waals surface area contributed by atoms with Crippen LogP contribution in [0.2, 0.25) is 0 Å². The van der Waals surface area contributed by atoms with E-state index in [0.29, 0.717) is 41.3 Å². The zero-order valence-corrected chi connectivity index (χ0v) is 26.9. The Kier molecular flexibility index (Phi) is 12.4. The number of alkyl halides is 1. The third kappa shape index (κ3) is 8.46. The molecule has 1 amide bonds.